The van der Waals surface area contributed by atoms with Gasteiger partial charge in [0.2, 0.25) is 5.91 Å². The molecule has 0 aliphatic carbocycles. The van der Waals surface area contributed by atoms with Gasteiger partial charge in [-0.05, 0) is 70.6 Å². The number of allylic oxidation sites excluding steroid dienone is 7. The summed E-state index contributed by atoms with van der Waals surface area (Å²) in [5, 5.41) is 23.3. The van der Waals surface area contributed by atoms with E-state index in [1.807, 2.05) is 6.08 Å². The number of carbonyl (C=O) groups is 1. The van der Waals surface area contributed by atoms with E-state index in [0.717, 1.165) is 38.5 Å². The molecule has 0 rings (SSSR count). The van der Waals surface area contributed by atoms with Crippen LogP contribution in [0.5, 0.6) is 0 Å². The second kappa shape index (κ2) is 71.6. The largest absolute Gasteiger partial charge is 0.394 e. The van der Waals surface area contributed by atoms with Gasteiger partial charge in [0.15, 0.2) is 0 Å². The Labute approximate surface area is 503 Å². The lowest BCUT2D eigenvalue weighted by atomic mass is 10.0. The number of aliphatic hydroxyl groups is 2. The molecule has 1 amide bonds. The Hall–Kier alpha value is -1.65. The SMILES string of the molecule is CCCCCCCCCC/C=C\CCCCCCCCCCCCCCCCCCCCCCCCCCCCCC(=O)NC(CO)C(O)/C=C/CC/C=C/CC/C=C/CCCCCCCCCCCCCCCCCCCCC. The Morgan fingerprint density at radius 2 is 0.487 bits per heavy atom. The fourth-order valence-corrected chi connectivity index (χ4v) is 11.7. The van der Waals surface area contributed by atoms with Crippen LogP contribution in [0, 0.1) is 0 Å². The molecule has 2 unspecified atom stereocenters. The van der Waals surface area contributed by atoms with Crippen molar-refractivity contribution in [2.24, 2.45) is 0 Å². The Balaban J connectivity index is 3.44. The highest BCUT2D eigenvalue weighted by Gasteiger charge is 2.18. The fourth-order valence-electron chi connectivity index (χ4n) is 11.7. The van der Waals surface area contributed by atoms with E-state index >= 15 is 0 Å². The third kappa shape index (κ3) is 67.1. The highest BCUT2D eigenvalue weighted by Crippen LogP contribution is 2.19. The summed E-state index contributed by atoms with van der Waals surface area (Å²) < 4.78 is 0. The first-order chi connectivity index (χ1) is 39.7. The molecule has 80 heavy (non-hydrogen) atoms. The molecule has 3 N–H and O–H groups in total. The predicted octanol–water partition coefficient (Wildman–Crippen LogP) is 25.3. The van der Waals surface area contributed by atoms with Gasteiger partial charge in [-0.15, -0.1) is 0 Å². The smallest absolute Gasteiger partial charge is 0.220 e. The number of amides is 1. The number of aliphatic hydroxyl groups excluding tert-OH is 2. The highest BCUT2D eigenvalue weighted by atomic mass is 16.3. The monoisotopic (exact) mass is 1120 g/mol. The Morgan fingerprint density at radius 1 is 0.287 bits per heavy atom. The van der Waals surface area contributed by atoms with Crippen molar-refractivity contribution in [2.75, 3.05) is 6.61 Å². The van der Waals surface area contributed by atoms with Crippen LogP contribution >= 0.6 is 0 Å². The average molecular weight is 1120 g/mol. The zero-order chi connectivity index (χ0) is 57.6. The molecule has 0 fully saturated rings. The molecule has 0 bridgehead atoms. The van der Waals surface area contributed by atoms with Gasteiger partial charge in [-0.3, -0.25) is 4.79 Å². The van der Waals surface area contributed by atoms with E-state index in [1.54, 1.807) is 6.08 Å². The molecular formula is C76H145NO3. The van der Waals surface area contributed by atoms with Crippen LogP contribution in [0.25, 0.3) is 0 Å². The summed E-state index contributed by atoms with van der Waals surface area (Å²) in [6.45, 7) is 4.34. The van der Waals surface area contributed by atoms with Crippen molar-refractivity contribution in [2.45, 2.75) is 424 Å². The molecule has 472 valence electrons. The number of hydrogen-bond donors (Lipinski definition) is 3. The normalized spacial score (nSPS) is 12.9. The van der Waals surface area contributed by atoms with Gasteiger partial charge in [0, 0.05) is 6.42 Å². The van der Waals surface area contributed by atoms with E-state index in [9.17, 15) is 15.0 Å². The zero-order valence-electron chi connectivity index (χ0n) is 54.6. The minimum Gasteiger partial charge on any atom is -0.394 e. The number of carbonyl (C=O) groups excluding carboxylic acids is 1. The number of nitrogens with one attached hydrogen (secondary N) is 1. The summed E-state index contributed by atoms with van der Waals surface area (Å²) in [6.07, 6.45) is 101. The van der Waals surface area contributed by atoms with Gasteiger partial charge in [-0.25, -0.2) is 0 Å². The van der Waals surface area contributed by atoms with Crippen LogP contribution in [-0.4, -0.2) is 34.9 Å². The number of unbranched alkanes of at least 4 members (excludes halogenated alkanes) is 56. The third-order valence-corrected chi connectivity index (χ3v) is 17.3. The van der Waals surface area contributed by atoms with Crippen LogP contribution < -0.4 is 5.32 Å². The minimum absolute atomic E-state index is 0.0699. The maximum Gasteiger partial charge on any atom is 0.220 e. The standard InChI is InChI=1S/C76H145NO3/c1-3-5-7-9-11-13-15-17-19-21-23-25-27-29-31-33-34-35-36-37-38-39-40-41-42-44-46-48-50-52-54-56-58-60-62-64-66-68-70-72-76(80)77-74(73-78)75(79)71-69-67-65-63-61-59-57-55-53-51-49-47-45-43-32-30-28-26-24-22-20-18-16-14-12-10-8-6-4-2/h21,23,53,55,61,63,69,71,74-75,78-79H,3-20,22,24-52,54,56-60,62,64-68,70,72-73H2,1-2H3,(H,77,80)/b23-21-,55-53+,63-61+,71-69+. The third-order valence-electron chi connectivity index (χ3n) is 17.3. The Morgan fingerprint density at radius 3 is 0.725 bits per heavy atom. The van der Waals surface area contributed by atoms with E-state index in [2.05, 4.69) is 55.6 Å². The van der Waals surface area contributed by atoms with Crippen LogP contribution in [0.15, 0.2) is 48.6 Å². The first-order valence-electron chi connectivity index (χ1n) is 36.9. The first-order valence-corrected chi connectivity index (χ1v) is 36.9. The number of rotatable bonds is 69. The molecule has 4 heteroatoms. The minimum atomic E-state index is -0.872. The van der Waals surface area contributed by atoms with E-state index in [-0.39, 0.29) is 12.5 Å². The molecular weight excluding hydrogens is 975 g/mol. The van der Waals surface area contributed by atoms with Crippen LogP contribution in [0.2, 0.25) is 0 Å². The first kappa shape index (κ1) is 78.4. The second-order valence-corrected chi connectivity index (χ2v) is 25.3. The van der Waals surface area contributed by atoms with E-state index in [1.165, 1.54) is 353 Å². The molecule has 0 radical (unpaired) electrons. The van der Waals surface area contributed by atoms with Gasteiger partial charge < -0.3 is 15.5 Å². The van der Waals surface area contributed by atoms with Crippen molar-refractivity contribution in [1.29, 1.82) is 0 Å². The van der Waals surface area contributed by atoms with E-state index < -0.39 is 12.1 Å². The Kier molecular flexibility index (Phi) is 70.1. The lowest BCUT2D eigenvalue weighted by Crippen LogP contribution is -2.45. The Bertz CT molecular complexity index is 1270. The maximum atomic E-state index is 12.5. The molecule has 0 saturated heterocycles. The lowest BCUT2D eigenvalue weighted by Gasteiger charge is -2.19. The summed E-state index contributed by atoms with van der Waals surface area (Å²) in [5.74, 6) is -0.0699. The van der Waals surface area contributed by atoms with Crippen LogP contribution in [0.1, 0.15) is 412 Å². The quantitative estimate of drug-likeness (QED) is 0.0420. The predicted molar refractivity (Wildman–Crippen MR) is 359 cm³/mol. The highest BCUT2D eigenvalue weighted by molar-refractivity contribution is 5.76. The molecule has 0 aliphatic heterocycles. The molecule has 2 atom stereocenters. The molecule has 0 aromatic carbocycles. The molecule has 0 saturated carbocycles. The van der Waals surface area contributed by atoms with Crippen molar-refractivity contribution < 1.29 is 15.0 Å². The summed E-state index contributed by atoms with van der Waals surface area (Å²) in [5.41, 5.74) is 0. The van der Waals surface area contributed by atoms with E-state index in [4.69, 9.17) is 0 Å². The maximum absolute atomic E-state index is 12.5. The van der Waals surface area contributed by atoms with Crippen molar-refractivity contribution in [1.82, 2.24) is 5.32 Å². The van der Waals surface area contributed by atoms with Crippen molar-refractivity contribution in [3.63, 3.8) is 0 Å². The van der Waals surface area contributed by atoms with Crippen LogP contribution in [0.4, 0.5) is 0 Å². The van der Waals surface area contributed by atoms with Crippen LogP contribution in [0.3, 0.4) is 0 Å². The van der Waals surface area contributed by atoms with Gasteiger partial charge in [-0.1, -0.05) is 383 Å². The molecule has 0 aliphatic rings. The lowest BCUT2D eigenvalue weighted by molar-refractivity contribution is -0.123. The molecule has 4 nitrogen and oxygen atoms in total. The molecule has 0 aromatic rings. The second-order valence-electron chi connectivity index (χ2n) is 25.3. The number of hydrogen-bond acceptors (Lipinski definition) is 3. The fraction of sp³-hybridized carbons (Fsp3) is 0.882. The van der Waals surface area contributed by atoms with Gasteiger partial charge in [0.1, 0.15) is 0 Å². The van der Waals surface area contributed by atoms with Gasteiger partial charge in [0.05, 0.1) is 18.8 Å². The summed E-state index contributed by atoms with van der Waals surface area (Å²) in [7, 11) is 0. The summed E-state index contributed by atoms with van der Waals surface area (Å²) in [4.78, 5) is 12.5. The van der Waals surface area contributed by atoms with Gasteiger partial charge in [0.25, 0.3) is 0 Å². The molecule has 0 aromatic heterocycles. The van der Waals surface area contributed by atoms with Crippen molar-refractivity contribution in [3.05, 3.63) is 48.6 Å². The molecule has 0 heterocycles. The van der Waals surface area contributed by atoms with Gasteiger partial charge >= 0.3 is 0 Å². The van der Waals surface area contributed by atoms with E-state index in [0.29, 0.717) is 6.42 Å². The molecule has 0 spiro atoms. The average Bonchev–Trinajstić information content (AvgIpc) is 3.46. The zero-order valence-corrected chi connectivity index (χ0v) is 54.6. The van der Waals surface area contributed by atoms with Crippen molar-refractivity contribution >= 4 is 5.91 Å². The van der Waals surface area contributed by atoms with Crippen molar-refractivity contribution in [3.8, 4) is 0 Å². The van der Waals surface area contributed by atoms with Crippen LogP contribution in [-0.2, 0) is 4.79 Å². The van der Waals surface area contributed by atoms with Gasteiger partial charge in [-0.2, -0.15) is 0 Å². The summed E-state index contributed by atoms with van der Waals surface area (Å²) in [6, 6.07) is -0.647. The summed E-state index contributed by atoms with van der Waals surface area (Å²) >= 11 is 0. The topological polar surface area (TPSA) is 69.6 Å².